The summed E-state index contributed by atoms with van der Waals surface area (Å²) >= 11 is 2.93. The van der Waals surface area contributed by atoms with Gasteiger partial charge in [0.25, 0.3) is 5.92 Å². The lowest BCUT2D eigenvalue weighted by atomic mass is 9.98. The fraction of sp³-hybridized carbons (Fsp3) is 0.524. The first kappa shape index (κ1) is 28.5. The van der Waals surface area contributed by atoms with Crippen molar-refractivity contribution in [3.63, 3.8) is 0 Å². The third-order valence-electron chi connectivity index (χ3n) is 4.18. The number of alkyl halides is 2. The van der Waals surface area contributed by atoms with E-state index in [9.17, 15) is 8.78 Å². The number of hydrogen-bond acceptors (Lipinski definition) is 7. The fourth-order valence-corrected chi connectivity index (χ4v) is 4.05. The van der Waals surface area contributed by atoms with E-state index in [1.165, 1.54) is 19.0 Å². The molecule has 0 aliphatic heterocycles. The number of hydrogen-bond donors (Lipinski definition) is 3. The first-order valence-corrected chi connectivity index (χ1v) is 11.2. The van der Waals surface area contributed by atoms with Crippen molar-refractivity contribution in [1.82, 2.24) is 9.97 Å². The average molecular weight is 460 g/mol. The van der Waals surface area contributed by atoms with Crippen LogP contribution < -0.4 is 16.6 Å². The van der Waals surface area contributed by atoms with Gasteiger partial charge in [-0.2, -0.15) is 8.78 Å². The van der Waals surface area contributed by atoms with E-state index >= 15 is 0 Å². The Labute approximate surface area is 187 Å². The molecule has 0 bridgehead atoms. The van der Waals surface area contributed by atoms with Crippen LogP contribution >= 0.6 is 23.3 Å². The summed E-state index contributed by atoms with van der Waals surface area (Å²) in [6.45, 7) is 14.9. The minimum absolute atomic E-state index is 0.151. The summed E-state index contributed by atoms with van der Waals surface area (Å²) in [6.07, 6.45) is 4.42. The molecule has 0 spiro atoms. The number of halogens is 2. The van der Waals surface area contributed by atoms with Crippen LogP contribution in [0.5, 0.6) is 0 Å². The topological polar surface area (TPSA) is 104 Å². The summed E-state index contributed by atoms with van der Waals surface area (Å²) in [5.74, 6) is -2.91. The predicted molar refractivity (Wildman–Crippen MR) is 127 cm³/mol. The molecule has 0 saturated heterocycles. The van der Waals surface area contributed by atoms with Crippen LogP contribution in [0.3, 0.4) is 0 Å². The van der Waals surface area contributed by atoms with Gasteiger partial charge in [0, 0.05) is 23.7 Å². The van der Waals surface area contributed by atoms with Crippen LogP contribution in [0.4, 0.5) is 14.5 Å². The Morgan fingerprint density at radius 3 is 2.10 bits per heavy atom. The molecule has 0 saturated carbocycles. The van der Waals surface area contributed by atoms with Crippen LogP contribution in [-0.4, -0.2) is 17.0 Å². The Morgan fingerprint density at radius 1 is 1.13 bits per heavy atom. The molecule has 0 radical (unpaired) electrons. The summed E-state index contributed by atoms with van der Waals surface area (Å²) in [7, 11) is 1.50. The van der Waals surface area contributed by atoms with Crippen LogP contribution in [0.15, 0.2) is 23.6 Å². The molecule has 0 fully saturated rings. The standard InChI is InChI=1S/C11H14F2N2.C7H12N2S2.C2H4.CH5N/c1-6-9(14)7-4-3-5-8(7)15-10(6)11(2,12)13;1-7(2,3)6-9-4-5(10-6)11-8;2*1-2/h3-5H2,1-2H3,(H2,14,15);4H,8H2,1-3H3;1-2H2;2H2,1H3. The number of pyridine rings is 1. The molecule has 5 nitrogen and oxygen atoms in total. The molecular weight excluding hydrogens is 424 g/mol. The van der Waals surface area contributed by atoms with Gasteiger partial charge >= 0.3 is 0 Å². The van der Waals surface area contributed by atoms with Crippen LogP contribution in [-0.2, 0) is 24.2 Å². The molecular formula is C21H35F2N5S2. The molecule has 0 amide bonds. The van der Waals surface area contributed by atoms with E-state index in [0.29, 0.717) is 11.3 Å². The molecule has 2 heterocycles. The zero-order valence-electron chi connectivity index (χ0n) is 18.8. The second-order valence-electron chi connectivity index (χ2n) is 7.52. The molecule has 170 valence electrons. The van der Waals surface area contributed by atoms with Gasteiger partial charge in [-0.15, -0.1) is 24.5 Å². The number of thiazole rings is 1. The normalized spacial score (nSPS) is 12.5. The summed E-state index contributed by atoms with van der Waals surface area (Å²) in [5, 5.41) is 6.54. The molecule has 30 heavy (non-hydrogen) atoms. The van der Waals surface area contributed by atoms with E-state index < -0.39 is 5.92 Å². The highest BCUT2D eigenvalue weighted by Gasteiger charge is 2.32. The summed E-state index contributed by atoms with van der Waals surface area (Å²) in [4.78, 5) is 8.33. The SMILES string of the molecule is C=C.CC(C)(C)c1ncc(SN)s1.CN.Cc1c(C(C)(F)F)nc2c(c1N)CCC2. The lowest BCUT2D eigenvalue weighted by Gasteiger charge is -2.17. The Hall–Kier alpha value is -1.55. The molecule has 2 aromatic heterocycles. The molecule has 1 aliphatic rings. The van der Waals surface area contributed by atoms with Gasteiger partial charge in [-0.1, -0.05) is 20.8 Å². The van der Waals surface area contributed by atoms with Crippen molar-refractivity contribution in [2.75, 3.05) is 12.8 Å². The van der Waals surface area contributed by atoms with E-state index in [1.54, 1.807) is 18.3 Å². The first-order chi connectivity index (χ1) is 13.9. The molecule has 0 unspecified atom stereocenters. The average Bonchev–Trinajstić information content (AvgIpc) is 3.36. The fourth-order valence-electron chi connectivity index (χ4n) is 2.80. The summed E-state index contributed by atoms with van der Waals surface area (Å²) < 4.78 is 27.6. The highest BCUT2D eigenvalue weighted by atomic mass is 32.2. The third-order valence-corrected chi connectivity index (χ3v) is 6.27. The number of anilines is 1. The van der Waals surface area contributed by atoms with Crippen LogP contribution in [0, 0.1) is 6.92 Å². The van der Waals surface area contributed by atoms with Gasteiger partial charge in [-0.05, 0) is 56.3 Å². The number of nitrogen functional groups attached to an aromatic ring is 1. The summed E-state index contributed by atoms with van der Waals surface area (Å²) in [5.41, 5.74) is 13.0. The number of nitrogens with zero attached hydrogens (tertiary/aromatic N) is 2. The van der Waals surface area contributed by atoms with Gasteiger partial charge in [-0.3, -0.25) is 10.1 Å². The maximum Gasteiger partial charge on any atom is 0.287 e. The molecule has 6 N–H and O–H groups in total. The largest absolute Gasteiger partial charge is 0.398 e. The van der Waals surface area contributed by atoms with Crippen molar-refractivity contribution in [3.8, 4) is 0 Å². The molecule has 3 rings (SSSR count). The van der Waals surface area contributed by atoms with Gasteiger partial charge in [-0.25, -0.2) is 4.98 Å². The molecule has 1 aliphatic carbocycles. The number of nitrogens with two attached hydrogens (primary N) is 3. The Kier molecular flexibility index (Phi) is 11.7. The number of aromatic nitrogens is 2. The quantitative estimate of drug-likeness (QED) is 0.413. The van der Waals surface area contributed by atoms with Crippen molar-refractivity contribution in [2.45, 2.75) is 69.4 Å². The highest BCUT2D eigenvalue weighted by Crippen LogP contribution is 2.36. The maximum atomic E-state index is 13.2. The van der Waals surface area contributed by atoms with E-state index in [4.69, 9.17) is 10.9 Å². The lowest BCUT2D eigenvalue weighted by Crippen LogP contribution is -2.15. The number of fused-ring (bicyclic) bond motifs is 1. The second-order valence-corrected chi connectivity index (χ2v) is 9.48. The van der Waals surface area contributed by atoms with Crippen molar-refractivity contribution >= 4 is 29.0 Å². The number of aryl methyl sites for hydroxylation is 1. The van der Waals surface area contributed by atoms with Crippen molar-refractivity contribution in [2.24, 2.45) is 10.9 Å². The first-order valence-electron chi connectivity index (χ1n) is 9.52. The van der Waals surface area contributed by atoms with Crippen LogP contribution in [0.1, 0.15) is 61.6 Å². The predicted octanol–water partition coefficient (Wildman–Crippen LogP) is 5.36. The maximum absolute atomic E-state index is 13.2. The molecule has 0 aromatic carbocycles. The van der Waals surface area contributed by atoms with Crippen molar-refractivity contribution < 1.29 is 8.78 Å². The van der Waals surface area contributed by atoms with Gasteiger partial charge in [0.1, 0.15) is 5.69 Å². The van der Waals surface area contributed by atoms with Gasteiger partial charge < -0.3 is 11.5 Å². The van der Waals surface area contributed by atoms with E-state index in [0.717, 1.165) is 46.7 Å². The third kappa shape index (κ3) is 7.61. The Bertz CT molecular complexity index is 796. The monoisotopic (exact) mass is 459 g/mol. The minimum atomic E-state index is -2.91. The Morgan fingerprint density at radius 2 is 1.70 bits per heavy atom. The van der Waals surface area contributed by atoms with Crippen LogP contribution in [0.2, 0.25) is 0 Å². The van der Waals surface area contributed by atoms with Gasteiger partial charge in [0.2, 0.25) is 0 Å². The molecule has 2 aromatic rings. The second kappa shape index (κ2) is 12.3. The zero-order valence-corrected chi connectivity index (χ0v) is 20.4. The van der Waals surface area contributed by atoms with Crippen LogP contribution in [0.25, 0.3) is 0 Å². The zero-order chi connectivity index (χ0) is 23.7. The van der Waals surface area contributed by atoms with E-state index in [1.807, 2.05) is 6.20 Å². The van der Waals surface area contributed by atoms with Crippen molar-refractivity contribution in [3.05, 3.63) is 46.9 Å². The van der Waals surface area contributed by atoms with E-state index in [2.05, 4.69) is 49.6 Å². The highest BCUT2D eigenvalue weighted by molar-refractivity contribution is 7.99. The molecule has 9 heteroatoms. The minimum Gasteiger partial charge on any atom is -0.398 e. The Balaban J connectivity index is 0.000000498. The van der Waals surface area contributed by atoms with Gasteiger partial charge in [0.15, 0.2) is 0 Å². The smallest absolute Gasteiger partial charge is 0.287 e. The van der Waals surface area contributed by atoms with Crippen molar-refractivity contribution in [1.29, 1.82) is 0 Å². The van der Waals surface area contributed by atoms with E-state index in [-0.39, 0.29) is 11.1 Å². The lowest BCUT2D eigenvalue weighted by molar-refractivity contribution is 0.0119. The summed E-state index contributed by atoms with van der Waals surface area (Å²) in [6, 6.07) is 0. The number of rotatable bonds is 2. The van der Waals surface area contributed by atoms with Gasteiger partial charge in [0.05, 0.1) is 15.4 Å². The molecule has 0 atom stereocenters.